The second-order valence-corrected chi connectivity index (χ2v) is 5.05. The van der Waals surface area contributed by atoms with Gasteiger partial charge in [0.05, 0.1) is 5.56 Å². The van der Waals surface area contributed by atoms with Gasteiger partial charge in [0.25, 0.3) is 5.91 Å². The van der Waals surface area contributed by atoms with Crippen molar-refractivity contribution in [2.45, 2.75) is 19.4 Å². The zero-order valence-electron chi connectivity index (χ0n) is 11.5. The Balaban J connectivity index is 2.03. The van der Waals surface area contributed by atoms with Crippen molar-refractivity contribution in [1.29, 1.82) is 0 Å². The van der Waals surface area contributed by atoms with Crippen LogP contribution < -0.4 is 4.90 Å². The highest BCUT2D eigenvalue weighted by molar-refractivity contribution is 6.10. The van der Waals surface area contributed by atoms with Gasteiger partial charge in [-0.25, -0.2) is 4.79 Å². The Kier molecular flexibility index (Phi) is 3.17. The molecule has 21 heavy (non-hydrogen) atoms. The third kappa shape index (κ3) is 2.27. The zero-order chi connectivity index (χ0) is 15.0. The van der Waals surface area contributed by atoms with E-state index in [4.69, 9.17) is 0 Å². The predicted octanol–water partition coefficient (Wildman–Crippen LogP) is 2.05. The molecule has 1 unspecified atom stereocenters. The number of aryl methyl sites for hydroxylation is 1. The summed E-state index contributed by atoms with van der Waals surface area (Å²) in [5.41, 5.74) is 2.74. The number of carbonyl (C=O) groups excluding carboxylic acids is 1. The van der Waals surface area contributed by atoms with Crippen LogP contribution in [0.4, 0.5) is 5.69 Å². The number of aliphatic carboxylic acids is 1. The van der Waals surface area contributed by atoms with Gasteiger partial charge in [-0.05, 0) is 30.7 Å². The lowest BCUT2D eigenvalue weighted by atomic mass is 10.1. The van der Waals surface area contributed by atoms with Crippen molar-refractivity contribution in [1.82, 2.24) is 4.98 Å². The van der Waals surface area contributed by atoms with E-state index in [9.17, 15) is 14.7 Å². The topological polar surface area (TPSA) is 70.5 Å². The summed E-state index contributed by atoms with van der Waals surface area (Å²) in [6.45, 7) is 1.83. The number of rotatable bonds is 2. The maximum Gasteiger partial charge on any atom is 0.327 e. The van der Waals surface area contributed by atoms with E-state index < -0.39 is 12.0 Å². The molecule has 1 amide bonds. The van der Waals surface area contributed by atoms with Gasteiger partial charge >= 0.3 is 5.97 Å². The van der Waals surface area contributed by atoms with Crippen molar-refractivity contribution in [3.63, 3.8) is 0 Å². The lowest BCUT2D eigenvalue weighted by Crippen LogP contribution is -2.42. The van der Waals surface area contributed by atoms with Gasteiger partial charge in [0.2, 0.25) is 0 Å². The van der Waals surface area contributed by atoms with Crippen molar-refractivity contribution in [2.75, 3.05) is 4.90 Å². The molecule has 0 bridgehead atoms. The normalized spacial score (nSPS) is 16.6. The molecular weight excluding hydrogens is 268 g/mol. The van der Waals surface area contributed by atoms with Crippen LogP contribution in [0.2, 0.25) is 0 Å². The van der Waals surface area contributed by atoms with Crippen molar-refractivity contribution >= 4 is 17.6 Å². The number of carboxylic acids is 1. The summed E-state index contributed by atoms with van der Waals surface area (Å²) in [5, 5.41) is 9.39. The summed E-state index contributed by atoms with van der Waals surface area (Å²) in [4.78, 5) is 29.6. The van der Waals surface area contributed by atoms with Crippen LogP contribution in [0.15, 0.2) is 42.6 Å². The number of para-hydroxylation sites is 1. The number of nitrogens with zero attached hydrogens (tertiary/aromatic N) is 2. The van der Waals surface area contributed by atoms with Gasteiger partial charge in [-0.2, -0.15) is 0 Å². The number of fused-ring (bicyclic) bond motifs is 1. The Hall–Kier alpha value is -2.69. The number of hydrogen-bond acceptors (Lipinski definition) is 3. The quantitative estimate of drug-likeness (QED) is 0.915. The summed E-state index contributed by atoms with van der Waals surface area (Å²) in [6.07, 6.45) is 1.81. The fourth-order valence-corrected chi connectivity index (χ4v) is 2.57. The Labute approximate surface area is 121 Å². The number of amides is 1. The van der Waals surface area contributed by atoms with E-state index in [0.717, 1.165) is 11.3 Å². The van der Waals surface area contributed by atoms with Crippen LogP contribution in [-0.2, 0) is 11.2 Å². The fourth-order valence-electron chi connectivity index (χ4n) is 2.57. The number of benzene rings is 1. The van der Waals surface area contributed by atoms with E-state index in [2.05, 4.69) is 4.98 Å². The van der Waals surface area contributed by atoms with E-state index in [1.165, 1.54) is 11.1 Å². The van der Waals surface area contributed by atoms with Crippen LogP contribution in [-0.4, -0.2) is 28.0 Å². The molecule has 5 nitrogen and oxygen atoms in total. The molecule has 1 aromatic heterocycles. The van der Waals surface area contributed by atoms with Crippen LogP contribution in [0.1, 0.15) is 21.6 Å². The minimum Gasteiger partial charge on any atom is -0.480 e. The van der Waals surface area contributed by atoms with Gasteiger partial charge in [-0.1, -0.05) is 18.2 Å². The molecule has 1 N–H and O–H groups in total. The van der Waals surface area contributed by atoms with E-state index in [-0.39, 0.29) is 5.91 Å². The SMILES string of the molecule is Cc1ccc(C(=O)N2c3ccccc3CC2C(=O)O)cn1. The molecule has 1 aliphatic heterocycles. The van der Waals surface area contributed by atoms with E-state index in [1.54, 1.807) is 24.3 Å². The molecule has 1 atom stereocenters. The molecule has 0 aliphatic carbocycles. The lowest BCUT2D eigenvalue weighted by molar-refractivity contribution is -0.138. The van der Waals surface area contributed by atoms with Crippen LogP contribution in [0, 0.1) is 6.92 Å². The van der Waals surface area contributed by atoms with Crippen LogP contribution >= 0.6 is 0 Å². The first-order chi connectivity index (χ1) is 10.1. The Morgan fingerprint density at radius 3 is 2.67 bits per heavy atom. The molecule has 0 radical (unpaired) electrons. The summed E-state index contributed by atoms with van der Waals surface area (Å²) in [5.74, 6) is -1.33. The van der Waals surface area contributed by atoms with Crippen molar-refractivity contribution in [2.24, 2.45) is 0 Å². The number of carboxylic acid groups (broad SMARTS) is 1. The summed E-state index contributed by atoms with van der Waals surface area (Å²) in [6, 6.07) is 9.82. The van der Waals surface area contributed by atoms with Gasteiger partial charge in [0, 0.05) is 24.0 Å². The molecule has 2 aromatic rings. The van der Waals surface area contributed by atoms with Crippen molar-refractivity contribution in [3.8, 4) is 0 Å². The van der Waals surface area contributed by atoms with Crippen LogP contribution in [0.25, 0.3) is 0 Å². The average molecular weight is 282 g/mol. The number of carbonyl (C=O) groups is 2. The largest absolute Gasteiger partial charge is 0.480 e. The third-order valence-electron chi connectivity index (χ3n) is 3.64. The first-order valence-electron chi connectivity index (χ1n) is 6.65. The summed E-state index contributed by atoms with van der Waals surface area (Å²) < 4.78 is 0. The van der Waals surface area contributed by atoms with E-state index >= 15 is 0 Å². The minimum absolute atomic E-state index is 0.330. The molecule has 5 heteroatoms. The van der Waals surface area contributed by atoms with Gasteiger partial charge < -0.3 is 5.11 Å². The highest BCUT2D eigenvalue weighted by Crippen LogP contribution is 2.33. The number of hydrogen-bond donors (Lipinski definition) is 1. The lowest BCUT2D eigenvalue weighted by Gasteiger charge is -2.22. The summed E-state index contributed by atoms with van der Waals surface area (Å²) >= 11 is 0. The standard InChI is InChI=1S/C16H14N2O3/c1-10-6-7-12(9-17-10)15(19)18-13-5-3-2-4-11(13)8-14(18)16(20)21/h2-7,9,14H,8H2,1H3,(H,20,21). The number of aromatic nitrogens is 1. The zero-order valence-corrected chi connectivity index (χ0v) is 11.5. The first-order valence-corrected chi connectivity index (χ1v) is 6.65. The first kappa shape index (κ1) is 13.3. The number of pyridine rings is 1. The monoisotopic (exact) mass is 282 g/mol. The molecule has 2 heterocycles. The Morgan fingerprint density at radius 1 is 1.24 bits per heavy atom. The third-order valence-corrected chi connectivity index (χ3v) is 3.64. The summed E-state index contributed by atoms with van der Waals surface area (Å²) in [7, 11) is 0. The van der Waals surface area contributed by atoms with Gasteiger partial charge in [-0.15, -0.1) is 0 Å². The average Bonchev–Trinajstić information content (AvgIpc) is 2.87. The number of anilines is 1. The molecule has 1 aromatic carbocycles. The molecule has 0 spiro atoms. The highest BCUT2D eigenvalue weighted by atomic mass is 16.4. The predicted molar refractivity (Wildman–Crippen MR) is 77.4 cm³/mol. The van der Waals surface area contributed by atoms with E-state index in [1.807, 2.05) is 19.1 Å². The molecule has 0 saturated carbocycles. The second kappa shape index (κ2) is 5.01. The van der Waals surface area contributed by atoms with Crippen LogP contribution in [0.3, 0.4) is 0 Å². The Morgan fingerprint density at radius 2 is 2.00 bits per heavy atom. The fraction of sp³-hybridized carbons (Fsp3) is 0.188. The van der Waals surface area contributed by atoms with Crippen molar-refractivity contribution in [3.05, 3.63) is 59.4 Å². The van der Waals surface area contributed by atoms with Gasteiger partial charge in [0.1, 0.15) is 6.04 Å². The second-order valence-electron chi connectivity index (χ2n) is 5.05. The maximum atomic E-state index is 12.7. The van der Waals surface area contributed by atoms with Crippen molar-refractivity contribution < 1.29 is 14.7 Å². The molecule has 1 aliphatic rings. The minimum atomic E-state index is -1.00. The van der Waals surface area contributed by atoms with Gasteiger partial charge in [0.15, 0.2) is 0 Å². The maximum absolute atomic E-state index is 12.7. The molecule has 106 valence electrons. The smallest absolute Gasteiger partial charge is 0.327 e. The molecule has 0 fully saturated rings. The van der Waals surface area contributed by atoms with E-state index in [0.29, 0.717) is 17.7 Å². The highest BCUT2D eigenvalue weighted by Gasteiger charge is 2.38. The molecule has 3 rings (SSSR count). The Bertz CT molecular complexity index is 710. The molecular formula is C16H14N2O3. The van der Waals surface area contributed by atoms with Gasteiger partial charge in [-0.3, -0.25) is 14.7 Å². The van der Waals surface area contributed by atoms with Crippen LogP contribution in [0.5, 0.6) is 0 Å². The molecule has 0 saturated heterocycles.